The highest BCUT2D eigenvalue weighted by atomic mass is 35.5. The van der Waals surface area contributed by atoms with E-state index in [4.69, 9.17) is 11.6 Å². The molecule has 4 heteroatoms. The molecule has 1 rings (SSSR count). The largest absolute Gasteiger partial charge is 0.311 e. The van der Waals surface area contributed by atoms with Crippen molar-refractivity contribution in [3.8, 4) is 0 Å². The van der Waals surface area contributed by atoms with E-state index in [0.717, 1.165) is 0 Å². The number of carbonyl (C=O) groups excluding carboxylic acids is 1. The lowest BCUT2D eigenvalue weighted by Crippen LogP contribution is -2.32. The van der Waals surface area contributed by atoms with E-state index in [-0.39, 0.29) is 23.8 Å². The first-order valence-electron chi connectivity index (χ1n) is 4.69. The van der Waals surface area contributed by atoms with Crippen molar-refractivity contribution >= 4 is 17.4 Å². The molecule has 0 spiro atoms. The van der Waals surface area contributed by atoms with Crippen molar-refractivity contribution in [2.24, 2.45) is 0 Å². The summed E-state index contributed by atoms with van der Waals surface area (Å²) in [6.45, 7) is 1.73. The van der Waals surface area contributed by atoms with E-state index in [9.17, 15) is 9.18 Å². The number of nitrogens with one attached hydrogen (secondary N) is 1. The molecule has 0 aromatic heterocycles. The van der Waals surface area contributed by atoms with Crippen molar-refractivity contribution in [1.82, 2.24) is 5.32 Å². The predicted octanol–water partition coefficient (Wildman–Crippen LogP) is 2.20. The van der Waals surface area contributed by atoms with Crippen LogP contribution in [0.3, 0.4) is 0 Å². The fraction of sp³-hybridized carbons (Fsp3) is 0.364. The lowest BCUT2D eigenvalue weighted by molar-refractivity contribution is -0.119. The van der Waals surface area contributed by atoms with E-state index < -0.39 is 5.82 Å². The summed E-state index contributed by atoms with van der Waals surface area (Å²) in [5, 5.41) is 3.11. The molecule has 0 aliphatic carbocycles. The first kappa shape index (κ1) is 12.1. The highest BCUT2D eigenvalue weighted by molar-refractivity contribution is 6.31. The van der Waals surface area contributed by atoms with E-state index in [0.29, 0.717) is 5.02 Å². The average Bonchev–Trinajstić information content (AvgIpc) is 2.22. The van der Waals surface area contributed by atoms with Crippen LogP contribution in [0.25, 0.3) is 0 Å². The van der Waals surface area contributed by atoms with Gasteiger partial charge in [-0.1, -0.05) is 17.7 Å². The summed E-state index contributed by atoms with van der Waals surface area (Å²) in [5.74, 6) is -0.511. The maximum atomic E-state index is 13.3. The summed E-state index contributed by atoms with van der Waals surface area (Å²) in [7, 11) is 1.69. The lowest BCUT2D eigenvalue weighted by Gasteiger charge is -2.10. The quantitative estimate of drug-likeness (QED) is 0.858. The molecule has 0 aliphatic rings. The van der Waals surface area contributed by atoms with Crippen LogP contribution in [0.4, 0.5) is 4.39 Å². The summed E-state index contributed by atoms with van der Waals surface area (Å²) in [6, 6.07) is 4.11. The molecule has 0 radical (unpaired) electrons. The second-order valence-corrected chi connectivity index (χ2v) is 3.76. The van der Waals surface area contributed by atoms with Crippen molar-refractivity contribution in [3.05, 3.63) is 34.6 Å². The van der Waals surface area contributed by atoms with Crippen molar-refractivity contribution in [2.45, 2.75) is 19.4 Å². The van der Waals surface area contributed by atoms with Gasteiger partial charge >= 0.3 is 0 Å². The zero-order chi connectivity index (χ0) is 11.4. The summed E-state index contributed by atoms with van der Waals surface area (Å²) in [4.78, 5) is 11.6. The van der Waals surface area contributed by atoms with Gasteiger partial charge in [-0.2, -0.15) is 0 Å². The standard InChI is InChI=1S/C11H13ClFNO/c1-7(14-2)11(15)6-8-9(12)4-3-5-10(8)13/h3-5,7,14H,6H2,1-2H3. The van der Waals surface area contributed by atoms with E-state index in [2.05, 4.69) is 5.32 Å². The Balaban J connectivity index is 2.85. The van der Waals surface area contributed by atoms with Crippen LogP contribution in [-0.2, 0) is 11.2 Å². The first-order valence-corrected chi connectivity index (χ1v) is 5.07. The minimum absolute atomic E-state index is 0.0213. The molecule has 82 valence electrons. The van der Waals surface area contributed by atoms with Gasteiger partial charge in [-0.3, -0.25) is 4.79 Å². The predicted molar refractivity (Wildman–Crippen MR) is 58.6 cm³/mol. The van der Waals surface area contributed by atoms with Crippen LogP contribution in [0.1, 0.15) is 12.5 Å². The van der Waals surface area contributed by atoms with Crippen LogP contribution in [0, 0.1) is 5.82 Å². The second kappa shape index (κ2) is 5.24. The summed E-state index contributed by atoms with van der Waals surface area (Å²) < 4.78 is 13.3. The molecule has 0 saturated carbocycles. The summed E-state index contributed by atoms with van der Waals surface area (Å²) in [5.41, 5.74) is 0.270. The van der Waals surface area contributed by atoms with E-state index >= 15 is 0 Å². The Hall–Kier alpha value is -0.930. The molecule has 0 amide bonds. The molecule has 0 fully saturated rings. The topological polar surface area (TPSA) is 29.1 Å². The second-order valence-electron chi connectivity index (χ2n) is 3.35. The minimum atomic E-state index is -0.431. The van der Waals surface area contributed by atoms with Gasteiger partial charge in [0.1, 0.15) is 5.82 Å². The van der Waals surface area contributed by atoms with Gasteiger partial charge in [0.05, 0.1) is 6.04 Å². The minimum Gasteiger partial charge on any atom is -0.311 e. The van der Waals surface area contributed by atoms with Crippen molar-refractivity contribution in [1.29, 1.82) is 0 Å². The summed E-state index contributed by atoms with van der Waals surface area (Å²) in [6.07, 6.45) is 0.0213. The van der Waals surface area contributed by atoms with Crippen molar-refractivity contribution in [2.75, 3.05) is 7.05 Å². The van der Waals surface area contributed by atoms with Gasteiger partial charge in [-0.15, -0.1) is 0 Å². The number of rotatable bonds is 4. The van der Waals surface area contributed by atoms with Crippen LogP contribution in [-0.4, -0.2) is 18.9 Å². The van der Waals surface area contributed by atoms with Gasteiger partial charge in [-0.25, -0.2) is 4.39 Å². The SMILES string of the molecule is CNC(C)C(=O)Cc1c(F)cccc1Cl. The van der Waals surface area contributed by atoms with Crippen LogP contribution in [0.5, 0.6) is 0 Å². The van der Waals surface area contributed by atoms with Crippen LogP contribution >= 0.6 is 11.6 Å². The molecule has 15 heavy (non-hydrogen) atoms. The molecule has 1 atom stereocenters. The zero-order valence-corrected chi connectivity index (χ0v) is 9.44. The molecule has 0 aliphatic heterocycles. The van der Waals surface area contributed by atoms with Crippen molar-refractivity contribution in [3.63, 3.8) is 0 Å². The Morgan fingerprint density at radius 1 is 1.60 bits per heavy atom. The van der Waals surface area contributed by atoms with Crippen LogP contribution in [0.2, 0.25) is 5.02 Å². The maximum Gasteiger partial charge on any atom is 0.153 e. The van der Waals surface area contributed by atoms with Gasteiger partial charge in [0.15, 0.2) is 5.78 Å². The maximum absolute atomic E-state index is 13.3. The molecule has 1 N–H and O–H groups in total. The number of ketones is 1. The van der Waals surface area contributed by atoms with Gasteiger partial charge in [0.25, 0.3) is 0 Å². The number of carbonyl (C=O) groups is 1. The molecular formula is C11H13ClFNO. The molecule has 1 aromatic carbocycles. The van der Waals surface area contributed by atoms with Crippen molar-refractivity contribution < 1.29 is 9.18 Å². The molecule has 2 nitrogen and oxygen atoms in total. The van der Waals surface area contributed by atoms with Gasteiger partial charge < -0.3 is 5.32 Å². The third kappa shape index (κ3) is 3.01. The third-order valence-corrected chi connectivity index (χ3v) is 2.68. The number of likely N-dealkylation sites (N-methyl/N-ethyl adjacent to an activating group) is 1. The molecule has 1 unspecified atom stereocenters. The Labute approximate surface area is 93.4 Å². The molecule has 0 heterocycles. The molecular weight excluding hydrogens is 217 g/mol. The highest BCUT2D eigenvalue weighted by Crippen LogP contribution is 2.19. The Bertz CT molecular complexity index is 347. The number of Topliss-reactive ketones (excluding diaryl/α,β-unsaturated/α-hetero) is 1. The Morgan fingerprint density at radius 2 is 2.27 bits per heavy atom. The molecule has 0 saturated heterocycles. The Morgan fingerprint density at radius 3 is 2.80 bits per heavy atom. The normalized spacial score (nSPS) is 12.5. The van der Waals surface area contributed by atoms with Gasteiger partial charge in [0, 0.05) is 17.0 Å². The first-order chi connectivity index (χ1) is 7.06. The number of hydrogen-bond donors (Lipinski definition) is 1. The van der Waals surface area contributed by atoms with E-state index in [1.54, 1.807) is 20.0 Å². The summed E-state index contributed by atoms with van der Waals surface area (Å²) >= 11 is 5.81. The zero-order valence-electron chi connectivity index (χ0n) is 8.68. The smallest absolute Gasteiger partial charge is 0.153 e. The number of benzene rings is 1. The Kier molecular flexibility index (Phi) is 4.24. The van der Waals surface area contributed by atoms with E-state index in [1.807, 2.05) is 0 Å². The lowest BCUT2D eigenvalue weighted by atomic mass is 10.0. The van der Waals surface area contributed by atoms with Gasteiger partial charge in [-0.05, 0) is 26.1 Å². The highest BCUT2D eigenvalue weighted by Gasteiger charge is 2.15. The fourth-order valence-electron chi connectivity index (χ4n) is 1.19. The monoisotopic (exact) mass is 229 g/mol. The average molecular weight is 230 g/mol. The number of hydrogen-bond acceptors (Lipinski definition) is 2. The van der Waals surface area contributed by atoms with Crippen LogP contribution in [0.15, 0.2) is 18.2 Å². The number of halogens is 2. The van der Waals surface area contributed by atoms with E-state index in [1.165, 1.54) is 12.1 Å². The third-order valence-electron chi connectivity index (χ3n) is 2.33. The van der Waals surface area contributed by atoms with Gasteiger partial charge in [0.2, 0.25) is 0 Å². The molecule has 1 aromatic rings. The molecule has 0 bridgehead atoms. The fourth-order valence-corrected chi connectivity index (χ4v) is 1.42. The van der Waals surface area contributed by atoms with Crippen LogP contribution < -0.4 is 5.32 Å².